The van der Waals surface area contributed by atoms with Crippen molar-refractivity contribution >= 4 is 46.0 Å². The van der Waals surface area contributed by atoms with Crippen molar-refractivity contribution in [3.8, 4) is 5.75 Å². The van der Waals surface area contributed by atoms with Gasteiger partial charge in [0, 0.05) is 5.56 Å². The maximum Gasteiger partial charge on any atom is 0.322 e. The number of amides is 2. The second kappa shape index (κ2) is 11.2. The Bertz CT molecular complexity index is 810. The summed E-state index contributed by atoms with van der Waals surface area (Å²) in [5, 5.41) is 21.5. The van der Waals surface area contributed by atoms with E-state index >= 15 is 0 Å². The molecule has 0 radical (unpaired) electrons. The van der Waals surface area contributed by atoms with Crippen molar-refractivity contribution in [1.82, 2.24) is 15.5 Å². The topological polar surface area (TPSA) is 131 Å². The van der Waals surface area contributed by atoms with E-state index in [4.69, 9.17) is 9.84 Å². The molecule has 0 aliphatic carbocycles. The molecule has 2 amide bonds. The Labute approximate surface area is 169 Å². The molecule has 0 unspecified atom stereocenters. The van der Waals surface area contributed by atoms with E-state index in [9.17, 15) is 14.4 Å². The molecule has 0 saturated carbocycles. The van der Waals surface area contributed by atoms with Gasteiger partial charge in [-0.1, -0.05) is 36.4 Å². The SMILES string of the molecule is CCCCOc1ccc(C(=O)Nc2nnc(SCC(=O)NCC(=O)O)s2)cc1. The van der Waals surface area contributed by atoms with Crippen molar-refractivity contribution in [2.75, 3.05) is 24.2 Å². The molecule has 9 nitrogen and oxygen atoms in total. The summed E-state index contributed by atoms with van der Waals surface area (Å²) >= 11 is 2.23. The van der Waals surface area contributed by atoms with Crippen LogP contribution in [-0.4, -0.2) is 52.0 Å². The van der Waals surface area contributed by atoms with Gasteiger partial charge < -0.3 is 15.2 Å². The Kier molecular flexibility index (Phi) is 8.69. The van der Waals surface area contributed by atoms with E-state index in [0.29, 0.717) is 27.4 Å². The molecule has 2 aromatic rings. The van der Waals surface area contributed by atoms with Crippen molar-refractivity contribution in [3.05, 3.63) is 29.8 Å². The number of carboxylic acid groups (broad SMARTS) is 1. The molecule has 150 valence electrons. The monoisotopic (exact) mass is 424 g/mol. The summed E-state index contributed by atoms with van der Waals surface area (Å²) in [6.07, 6.45) is 2.02. The van der Waals surface area contributed by atoms with Crippen LogP contribution in [0.2, 0.25) is 0 Å². The molecule has 1 aromatic carbocycles. The number of carboxylic acids is 1. The number of nitrogens with zero attached hydrogens (tertiary/aromatic N) is 2. The molecule has 1 heterocycles. The minimum atomic E-state index is -1.11. The van der Waals surface area contributed by atoms with Gasteiger partial charge in [-0.3, -0.25) is 19.7 Å². The van der Waals surface area contributed by atoms with Crippen LogP contribution in [0.25, 0.3) is 0 Å². The molecule has 0 bridgehead atoms. The summed E-state index contributed by atoms with van der Waals surface area (Å²) < 4.78 is 6.05. The van der Waals surface area contributed by atoms with Gasteiger partial charge >= 0.3 is 5.97 Å². The van der Waals surface area contributed by atoms with Gasteiger partial charge in [0.05, 0.1) is 12.4 Å². The van der Waals surface area contributed by atoms with Crippen LogP contribution >= 0.6 is 23.1 Å². The zero-order valence-electron chi connectivity index (χ0n) is 15.1. The Balaban J connectivity index is 1.81. The average Bonchev–Trinajstić information content (AvgIpc) is 3.12. The molecule has 0 aliphatic heterocycles. The van der Waals surface area contributed by atoms with Crippen molar-refractivity contribution in [3.63, 3.8) is 0 Å². The Hall–Kier alpha value is -2.66. The minimum absolute atomic E-state index is 0.00928. The predicted molar refractivity (Wildman–Crippen MR) is 106 cm³/mol. The zero-order valence-corrected chi connectivity index (χ0v) is 16.8. The molecule has 0 aliphatic rings. The van der Waals surface area contributed by atoms with E-state index in [-0.39, 0.29) is 11.7 Å². The van der Waals surface area contributed by atoms with E-state index in [1.807, 2.05) is 0 Å². The highest BCUT2D eigenvalue weighted by Crippen LogP contribution is 2.25. The van der Waals surface area contributed by atoms with Crippen LogP contribution in [0.15, 0.2) is 28.6 Å². The summed E-state index contributed by atoms with van der Waals surface area (Å²) in [5.41, 5.74) is 0.459. The third-order valence-corrected chi connectivity index (χ3v) is 5.25. The largest absolute Gasteiger partial charge is 0.494 e. The molecule has 1 aromatic heterocycles. The number of anilines is 1. The number of ether oxygens (including phenoxy) is 1. The fourth-order valence-electron chi connectivity index (χ4n) is 1.88. The van der Waals surface area contributed by atoms with Crippen LogP contribution in [0.1, 0.15) is 30.1 Å². The van der Waals surface area contributed by atoms with Crippen LogP contribution in [0, 0.1) is 0 Å². The van der Waals surface area contributed by atoms with E-state index in [1.165, 1.54) is 0 Å². The normalized spacial score (nSPS) is 10.3. The fourth-order valence-corrected chi connectivity index (χ4v) is 3.45. The second-order valence-electron chi connectivity index (χ2n) is 5.51. The highest BCUT2D eigenvalue weighted by Gasteiger charge is 2.12. The first kappa shape index (κ1) is 21.6. The zero-order chi connectivity index (χ0) is 20.4. The lowest BCUT2D eigenvalue weighted by atomic mass is 10.2. The molecule has 0 atom stereocenters. The molecule has 0 spiro atoms. The van der Waals surface area contributed by atoms with Gasteiger partial charge in [0.15, 0.2) is 4.34 Å². The number of aliphatic carboxylic acids is 1. The van der Waals surface area contributed by atoms with Crippen LogP contribution in [0.5, 0.6) is 5.75 Å². The van der Waals surface area contributed by atoms with Crippen LogP contribution in [0.4, 0.5) is 5.13 Å². The highest BCUT2D eigenvalue weighted by molar-refractivity contribution is 8.01. The molecule has 28 heavy (non-hydrogen) atoms. The summed E-state index contributed by atoms with van der Waals surface area (Å²) in [6, 6.07) is 6.81. The van der Waals surface area contributed by atoms with E-state index in [2.05, 4.69) is 27.8 Å². The molecule has 0 fully saturated rings. The first-order valence-corrected chi connectivity index (χ1v) is 10.3. The Morgan fingerprint density at radius 2 is 1.96 bits per heavy atom. The van der Waals surface area contributed by atoms with Crippen LogP contribution in [0.3, 0.4) is 0 Å². The number of rotatable bonds is 11. The summed E-state index contributed by atoms with van der Waals surface area (Å²) in [6.45, 7) is 2.29. The lowest BCUT2D eigenvalue weighted by Gasteiger charge is -2.06. The standard InChI is InChI=1S/C17H20N4O5S2/c1-2-3-8-26-12-6-4-11(5-7-12)15(25)19-16-20-21-17(28-16)27-10-13(22)18-9-14(23)24/h4-7H,2-3,8-10H2,1H3,(H,18,22)(H,23,24)(H,19,20,25). The lowest BCUT2D eigenvalue weighted by molar-refractivity contribution is -0.137. The fraction of sp³-hybridized carbons (Fsp3) is 0.353. The highest BCUT2D eigenvalue weighted by atomic mass is 32.2. The predicted octanol–water partition coefficient (Wildman–Crippen LogP) is 2.26. The lowest BCUT2D eigenvalue weighted by Crippen LogP contribution is -2.30. The molecular formula is C17H20N4O5S2. The van der Waals surface area contributed by atoms with E-state index in [1.54, 1.807) is 24.3 Å². The third kappa shape index (κ3) is 7.53. The number of benzene rings is 1. The summed E-state index contributed by atoms with van der Waals surface area (Å²) in [5.74, 6) is -1.14. The average molecular weight is 425 g/mol. The number of hydrogen-bond acceptors (Lipinski definition) is 8. The van der Waals surface area contributed by atoms with Gasteiger partial charge in [-0.15, -0.1) is 10.2 Å². The first-order valence-electron chi connectivity index (χ1n) is 8.47. The molecular weight excluding hydrogens is 404 g/mol. The number of aromatic nitrogens is 2. The van der Waals surface area contributed by atoms with Crippen LogP contribution in [-0.2, 0) is 9.59 Å². The first-order chi connectivity index (χ1) is 13.5. The van der Waals surface area contributed by atoms with Gasteiger partial charge in [-0.2, -0.15) is 0 Å². The summed E-state index contributed by atoms with van der Waals surface area (Å²) in [4.78, 5) is 34.1. The Morgan fingerprint density at radius 1 is 1.21 bits per heavy atom. The van der Waals surface area contributed by atoms with Gasteiger partial charge in [0.1, 0.15) is 12.3 Å². The van der Waals surface area contributed by atoms with Crippen molar-refractivity contribution in [2.45, 2.75) is 24.1 Å². The maximum atomic E-state index is 12.3. The molecule has 0 saturated heterocycles. The number of thioether (sulfide) groups is 1. The summed E-state index contributed by atoms with van der Waals surface area (Å²) in [7, 11) is 0. The molecule has 3 N–H and O–H groups in total. The van der Waals surface area contributed by atoms with Gasteiger partial charge in [-0.05, 0) is 30.7 Å². The second-order valence-corrected chi connectivity index (χ2v) is 7.71. The number of carbonyl (C=O) groups is 3. The maximum absolute atomic E-state index is 12.3. The van der Waals surface area contributed by atoms with Gasteiger partial charge in [0.25, 0.3) is 5.91 Å². The van der Waals surface area contributed by atoms with Crippen molar-refractivity contribution in [1.29, 1.82) is 0 Å². The number of hydrogen-bond donors (Lipinski definition) is 3. The number of nitrogens with one attached hydrogen (secondary N) is 2. The quantitative estimate of drug-likeness (QED) is 0.284. The van der Waals surface area contributed by atoms with Crippen molar-refractivity contribution < 1.29 is 24.2 Å². The third-order valence-electron chi connectivity index (χ3n) is 3.27. The van der Waals surface area contributed by atoms with Crippen molar-refractivity contribution in [2.24, 2.45) is 0 Å². The van der Waals surface area contributed by atoms with E-state index < -0.39 is 18.4 Å². The van der Waals surface area contributed by atoms with Gasteiger partial charge in [-0.25, -0.2) is 0 Å². The Morgan fingerprint density at radius 3 is 2.64 bits per heavy atom. The minimum Gasteiger partial charge on any atom is -0.494 e. The van der Waals surface area contributed by atoms with E-state index in [0.717, 1.165) is 35.9 Å². The number of unbranched alkanes of at least 4 members (excludes halogenated alkanes) is 1. The number of carbonyl (C=O) groups excluding carboxylic acids is 2. The van der Waals surface area contributed by atoms with Gasteiger partial charge in [0.2, 0.25) is 11.0 Å². The molecule has 2 rings (SSSR count). The smallest absolute Gasteiger partial charge is 0.322 e. The van der Waals surface area contributed by atoms with Crippen LogP contribution < -0.4 is 15.4 Å². The molecule has 11 heteroatoms.